The minimum absolute atomic E-state index is 0.520. The topological polar surface area (TPSA) is 46.2 Å². The van der Waals surface area contributed by atoms with Gasteiger partial charge in [0.15, 0.2) is 0 Å². The van der Waals surface area contributed by atoms with Crippen molar-refractivity contribution >= 4 is 34.2 Å². The highest BCUT2D eigenvalue weighted by atomic mass is 127. The van der Waals surface area contributed by atoms with Crippen LogP contribution in [0.2, 0.25) is 0 Å². The van der Waals surface area contributed by atoms with Crippen LogP contribution in [0, 0.1) is 0 Å². The Kier molecular flexibility index (Phi) is 19.6. The quantitative estimate of drug-likeness (QED) is 0.220. The summed E-state index contributed by atoms with van der Waals surface area (Å²) >= 11 is 7.73. The highest BCUT2D eigenvalue weighted by Gasteiger charge is 1.92. The summed E-state index contributed by atoms with van der Waals surface area (Å²) in [4.78, 5) is 0. The second-order valence-electron chi connectivity index (χ2n) is 3.44. The first-order valence-electron chi connectivity index (χ1n) is 6.42. The Bertz CT molecular complexity index is 149. The Morgan fingerprint density at radius 3 is 1.16 bits per heavy atom. The molecule has 0 heterocycles. The van der Waals surface area contributed by atoms with Crippen molar-refractivity contribution in [2.45, 2.75) is 0 Å². The van der Waals surface area contributed by atoms with Gasteiger partial charge in [-0.3, -0.25) is 0 Å². The van der Waals surface area contributed by atoms with Gasteiger partial charge in [-0.05, 0) is 0 Å². The average Bonchev–Trinajstić information content (AvgIpc) is 2.43. The van der Waals surface area contributed by atoms with Crippen LogP contribution >= 0.6 is 34.2 Å². The molecule has 5 nitrogen and oxygen atoms in total. The van der Waals surface area contributed by atoms with E-state index in [0.717, 1.165) is 11.0 Å². The van der Waals surface area contributed by atoms with Crippen molar-refractivity contribution in [2.75, 3.05) is 76.4 Å². The van der Waals surface area contributed by atoms with Crippen molar-refractivity contribution < 1.29 is 23.7 Å². The van der Waals surface area contributed by atoms with E-state index in [1.165, 1.54) is 0 Å². The molecule has 0 radical (unpaired) electrons. The van der Waals surface area contributed by atoms with Crippen LogP contribution in [-0.4, -0.2) is 76.4 Å². The van der Waals surface area contributed by atoms with Crippen molar-refractivity contribution in [2.24, 2.45) is 0 Å². The molecule has 0 amide bonds. The molecule has 7 heteroatoms. The van der Waals surface area contributed by atoms with Crippen LogP contribution in [0.3, 0.4) is 0 Å². The lowest BCUT2D eigenvalue weighted by atomic mass is 10.7. The fraction of sp³-hybridized carbons (Fsp3) is 1.00. The van der Waals surface area contributed by atoms with Crippen molar-refractivity contribution in [3.8, 4) is 0 Å². The monoisotopic (exact) mass is 410 g/mol. The van der Waals surface area contributed by atoms with Crippen molar-refractivity contribution in [1.29, 1.82) is 0 Å². The fourth-order valence-electron chi connectivity index (χ4n) is 1.09. The predicted octanol–water partition coefficient (Wildman–Crippen LogP) is 1.74. The van der Waals surface area contributed by atoms with Gasteiger partial charge in [0.25, 0.3) is 0 Å². The summed E-state index contributed by atoms with van der Waals surface area (Å²) in [6.45, 7) is 6.09. The van der Waals surface area contributed by atoms with Gasteiger partial charge in [-0.25, -0.2) is 0 Å². The van der Waals surface area contributed by atoms with Crippen LogP contribution in [0.25, 0.3) is 0 Å². The third kappa shape index (κ3) is 18.8. The summed E-state index contributed by atoms with van der Waals surface area (Å²) in [6, 6.07) is 0. The second-order valence-corrected chi connectivity index (χ2v) is 4.90. The summed E-state index contributed by atoms with van der Waals surface area (Å²) in [7, 11) is 0. The van der Waals surface area contributed by atoms with E-state index in [-0.39, 0.29) is 0 Å². The number of halogens is 2. The molecule has 116 valence electrons. The zero-order valence-electron chi connectivity index (χ0n) is 11.3. The van der Waals surface area contributed by atoms with Gasteiger partial charge in [0.1, 0.15) is 0 Å². The summed E-state index contributed by atoms with van der Waals surface area (Å²) in [5.74, 6) is 0.520. The van der Waals surface area contributed by atoms with Gasteiger partial charge in [0.05, 0.1) is 66.1 Å². The van der Waals surface area contributed by atoms with E-state index in [2.05, 4.69) is 22.6 Å². The Hall–Kier alpha value is 0.820. The molecule has 0 N–H and O–H groups in total. The number of hydrogen-bond acceptors (Lipinski definition) is 5. The Morgan fingerprint density at radius 2 is 0.842 bits per heavy atom. The first-order chi connectivity index (χ1) is 9.41. The Balaban J connectivity index is 2.88. The molecule has 0 aromatic carbocycles. The van der Waals surface area contributed by atoms with Gasteiger partial charge in [-0.2, -0.15) is 0 Å². The number of rotatable bonds is 16. The van der Waals surface area contributed by atoms with Crippen molar-refractivity contribution in [3.05, 3.63) is 0 Å². The minimum Gasteiger partial charge on any atom is -0.378 e. The van der Waals surface area contributed by atoms with Gasteiger partial charge in [0.2, 0.25) is 0 Å². The van der Waals surface area contributed by atoms with E-state index in [1.54, 1.807) is 0 Å². The molecule has 0 aromatic heterocycles. The third-order valence-corrected chi connectivity index (χ3v) is 2.53. The molecule has 0 aliphatic heterocycles. The lowest BCUT2D eigenvalue weighted by molar-refractivity contribution is -0.00898. The zero-order valence-corrected chi connectivity index (χ0v) is 14.2. The predicted molar refractivity (Wildman–Crippen MR) is 83.7 cm³/mol. The van der Waals surface area contributed by atoms with Crippen LogP contribution < -0.4 is 0 Å². The van der Waals surface area contributed by atoms with E-state index in [1.807, 2.05) is 0 Å². The van der Waals surface area contributed by atoms with Crippen LogP contribution in [0.1, 0.15) is 0 Å². The highest BCUT2D eigenvalue weighted by molar-refractivity contribution is 14.1. The maximum absolute atomic E-state index is 5.45. The molecular formula is C12H24ClIO5. The first-order valence-corrected chi connectivity index (χ1v) is 8.48. The van der Waals surface area contributed by atoms with Gasteiger partial charge in [-0.15, -0.1) is 11.6 Å². The molecule has 0 spiro atoms. The van der Waals surface area contributed by atoms with Gasteiger partial charge in [0, 0.05) is 10.3 Å². The van der Waals surface area contributed by atoms with E-state index in [4.69, 9.17) is 35.3 Å². The van der Waals surface area contributed by atoms with Gasteiger partial charge in [-0.1, -0.05) is 22.6 Å². The summed E-state index contributed by atoms with van der Waals surface area (Å²) in [6.07, 6.45) is 0. The fourth-order valence-corrected chi connectivity index (χ4v) is 1.51. The molecular weight excluding hydrogens is 386 g/mol. The van der Waals surface area contributed by atoms with Crippen molar-refractivity contribution in [3.63, 3.8) is 0 Å². The largest absolute Gasteiger partial charge is 0.378 e. The summed E-state index contributed by atoms with van der Waals surface area (Å²) < 4.78 is 27.4. The molecule has 0 unspecified atom stereocenters. The number of hydrogen-bond donors (Lipinski definition) is 0. The standard InChI is InChI=1S/C12H24ClIO5/c13-1-3-15-5-7-17-9-11-19-12-10-18-8-6-16-4-2-14/h1-12H2. The van der Waals surface area contributed by atoms with E-state index >= 15 is 0 Å². The van der Waals surface area contributed by atoms with E-state index in [0.29, 0.717) is 65.3 Å². The molecule has 19 heavy (non-hydrogen) atoms. The van der Waals surface area contributed by atoms with E-state index in [9.17, 15) is 0 Å². The number of alkyl halides is 2. The van der Waals surface area contributed by atoms with Crippen LogP contribution in [-0.2, 0) is 23.7 Å². The Labute approximate surface area is 134 Å². The maximum atomic E-state index is 5.45. The average molecular weight is 411 g/mol. The number of ether oxygens (including phenoxy) is 5. The molecule has 0 atom stereocenters. The molecule has 0 saturated carbocycles. The molecule has 0 aliphatic rings. The van der Waals surface area contributed by atoms with Crippen LogP contribution in [0.5, 0.6) is 0 Å². The molecule has 0 saturated heterocycles. The van der Waals surface area contributed by atoms with E-state index < -0.39 is 0 Å². The van der Waals surface area contributed by atoms with Crippen molar-refractivity contribution in [1.82, 2.24) is 0 Å². The maximum Gasteiger partial charge on any atom is 0.0701 e. The molecule has 0 bridgehead atoms. The molecule has 0 rings (SSSR count). The van der Waals surface area contributed by atoms with Gasteiger partial charge < -0.3 is 23.7 Å². The Morgan fingerprint density at radius 1 is 0.526 bits per heavy atom. The smallest absolute Gasteiger partial charge is 0.0701 e. The zero-order chi connectivity index (χ0) is 14.0. The van der Waals surface area contributed by atoms with Crippen LogP contribution in [0.15, 0.2) is 0 Å². The molecule has 0 fully saturated rings. The lowest BCUT2D eigenvalue weighted by Gasteiger charge is -2.07. The SMILES string of the molecule is ClCCOCCOCCOCCOCCOCCI. The lowest BCUT2D eigenvalue weighted by Crippen LogP contribution is -2.13. The normalized spacial score (nSPS) is 11.1. The van der Waals surface area contributed by atoms with Gasteiger partial charge >= 0.3 is 0 Å². The van der Waals surface area contributed by atoms with Crippen LogP contribution in [0.4, 0.5) is 0 Å². The molecule has 0 aliphatic carbocycles. The summed E-state index contributed by atoms with van der Waals surface area (Å²) in [5, 5.41) is 0. The first kappa shape index (κ1) is 19.8. The minimum atomic E-state index is 0.520. The summed E-state index contributed by atoms with van der Waals surface area (Å²) in [5.41, 5.74) is 0. The second kappa shape index (κ2) is 18.8. The molecule has 0 aromatic rings. The highest BCUT2D eigenvalue weighted by Crippen LogP contribution is 1.85. The third-order valence-electron chi connectivity index (χ3n) is 1.93.